The van der Waals surface area contributed by atoms with Gasteiger partial charge in [-0.25, -0.2) is 4.57 Å². The standard InChI is InChI=1S/C10H13O4P/c1-9-5-2-3-6-10(9)14-15(11)12-7-4-8-13-15/h2-3,5-6H,4,7-8H2,1H3. The van der Waals surface area contributed by atoms with Crippen LogP contribution in [-0.4, -0.2) is 13.2 Å². The summed E-state index contributed by atoms with van der Waals surface area (Å²) in [5, 5.41) is 0. The highest BCUT2D eigenvalue weighted by molar-refractivity contribution is 7.49. The number of rotatable bonds is 2. The van der Waals surface area contributed by atoms with Gasteiger partial charge in [0, 0.05) is 0 Å². The minimum absolute atomic E-state index is 0.420. The molecule has 1 saturated heterocycles. The lowest BCUT2D eigenvalue weighted by Crippen LogP contribution is -2.12. The molecule has 0 aromatic heterocycles. The van der Waals surface area contributed by atoms with Crippen molar-refractivity contribution in [1.82, 2.24) is 0 Å². The Morgan fingerprint density at radius 2 is 1.93 bits per heavy atom. The van der Waals surface area contributed by atoms with E-state index < -0.39 is 7.82 Å². The highest BCUT2D eigenvalue weighted by Gasteiger charge is 2.31. The zero-order chi connectivity index (χ0) is 10.7. The third kappa shape index (κ3) is 2.59. The molecule has 4 nitrogen and oxygen atoms in total. The highest BCUT2D eigenvalue weighted by atomic mass is 31.2. The predicted molar refractivity (Wildman–Crippen MR) is 55.9 cm³/mol. The van der Waals surface area contributed by atoms with Gasteiger partial charge in [-0.3, -0.25) is 9.05 Å². The Kier molecular flexibility index (Phi) is 3.10. The summed E-state index contributed by atoms with van der Waals surface area (Å²) in [5.41, 5.74) is 0.908. The van der Waals surface area contributed by atoms with Gasteiger partial charge in [-0.2, -0.15) is 0 Å². The van der Waals surface area contributed by atoms with Crippen LogP contribution in [0, 0.1) is 6.92 Å². The van der Waals surface area contributed by atoms with Crippen molar-refractivity contribution >= 4 is 7.82 Å². The fourth-order valence-electron chi connectivity index (χ4n) is 1.28. The Balaban J connectivity index is 2.14. The molecule has 0 aliphatic carbocycles. The molecule has 0 amide bonds. The van der Waals surface area contributed by atoms with Crippen molar-refractivity contribution in [1.29, 1.82) is 0 Å². The van der Waals surface area contributed by atoms with E-state index in [9.17, 15) is 4.57 Å². The van der Waals surface area contributed by atoms with Crippen molar-refractivity contribution in [3.05, 3.63) is 29.8 Å². The topological polar surface area (TPSA) is 44.8 Å². The van der Waals surface area contributed by atoms with E-state index in [4.69, 9.17) is 13.6 Å². The van der Waals surface area contributed by atoms with Gasteiger partial charge in [-0.05, 0) is 25.0 Å². The van der Waals surface area contributed by atoms with Crippen LogP contribution < -0.4 is 4.52 Å². The summed E-state index contributed by atoms with van der Waals surface area (Å²) < 4.78 is 27.2. The first kappa shape index (κ1) is 10.7. The van der Waals surface area contributed by atoms with Crippen LogP contribution >= 0.6 is 7.82 Å². The fraction of sp³-hybridized carbons (Fsp3) is 0.400. The molecule has 1 aliphatic heterocycles. The molecule has 1 aliphatic rings. The summed E-state index contributed by atoms with van der Waals surface area (Å²) in [6.45, 7) is 2.72. The normalized spacial score (nSPS) is 19.8. The number of aryl methyl sites for hydroxylation is 1. The molecule has 0 N–H and O–H groups in total. The Bertz CT molecular complexity index is 381. The van der Waals surface area contributed by atoms with Crippen LogP contribution in [-0.2, 0) is 13.6 Å². The summed E-state index contributed by atoms with van der Waals surface area (Å²) in [6, 6.07) is 7.33. The van der Waals surface area contributed by atoms with Gasteiger partial charge in [0.1, 0.15) is 5.75 Å². The quantitative estimate of drug-likeness (QED) is 0.730. The summed E-state index contributed by atoms with van der Waals surface area (Å²) in [5.74, 6) is 0.544. The summed E-state index contributed by atoms with van der Waals surface area (Å²) in [6.07, 6.45) is 0.751. The smallest absolute Gasteiger partial charge is 0.404 e. The van der Waals surface area contributed by atoms with Gasteiger partial charge in [-0.1, -0.05) is 18.2 Å². The van der Waals surface area contributed by atoms with Crippen LogP contribution in [0.4, 0.5) is 0 Å². The number of hydrogen-bond donors (Lipinski definition) is 0. The van der Waals surface area contributed by atoms with Crippen LogP contribution in [0.3, 0.4) is 0 Å². The lowest BCUT2D eigenvalue weighted by atomic mass is 10.2. The van der Waals surface area contributed by atoms with E-state index in [1.807, 2.05) is 25.1 Å². The van der Waals surface area contributed by atoms with Gasteiger partial charge < -0.3 is 4.52 Å². The van der Waals surface area contributed by atoms with Crippen LogP contribution in [0.25, 0.3) is 0 Å². The maximum atomic E-state index is 11.9. The molecule has 1 aromatic carbocycles. The van der Waals surface area contributed by atoms with Crippen molar-refractivity contribution < 1.29 is 18.1 Å². The van der Waals surface area contributed by atoms with E-state index in [2.05, 4.69) is 0 Å². The van der Waals surface area contributed by atoms with Crippen molar-refractivity contribution in [3.8, 4) is 5.75 Å². The molecule has 1 aromatic rings. The zero-order valence-corrected chi connectivity index (χ0v) is 9.41. The second-order valence-electron chi connectivity index (χ2n) is 3.32. The largest absolute Gasteiger partial charge is 0.530 e. The Hall–Kier alpha value is -0.830. The maximum Gasteiger partial charge on any atom is 0.530 e. The molecule has 15 heavy (non-hydrogen) atoms. The van der Waals surface area contributed by atoms with Gasteiger partial charge >= 0.3 is 7.82 Å². The molecule has 0 radical (unpaired) electrons. The maximum absolute atomic E-state index is 11.9. The second kappa shape index (κ2) is 4.35. The average molecular weight is 228 g/mol. The Morgan fingerprint density at radius 1 is 1.27 bits per heavy atom. The minimum atomic E-state index is -3.36. The Morgan fingerprint density at radius 3 is 2.60 bits per heavy atom. The van der Waals surface area contributed by atoms with Crippen LogP contribution in [0.5, 0.6) is 5.75 Å². The summed E-state index contributed by atoms with van der Waals surface area (Å²) in [4.78, 5) is 0. The highest BCUT2D eigenvalue weighted by Crippen LogP contribution is 2.51. The van der Waals surface area contributed by atoms with Gasteiger partial charge in [0.05, 0.1) is 13.2 Å². The zero-order valence-electron chi connectivity index (χ0n) is 8.51. The van der Waals surface area contributed by atoms with Gasteiger partial charge in [0.2, 0.25) is 0 Å². The van der Waals surface area contributed by atoms with Gasteiger partial charge in [0.15, 0.2) is 0 Å². The molecule has 0 atom stereocenters. The van der Waals surface area contributed by atoms with E-state index in [1.54, 1.807) is 6.07 Å². The molecule has 1 fully saturated rings. The molecule has 0 unspecified atom stereocenters. The second-order valence-corrected chi connectivity index (χ2v) is 4.92. The monoisotopic (exact) mass is 228 g/mol. The third-order valence-corrected chi connectivity index (χ3v) is 3.51. The average Bonchev–Trinajstić information content (AvgIpc) is 2.22. The SMILES string of the molecule is Cc1ccccc1OP1(=O)OCCCO1. The number of phosphoric acid groups is 1. The van der Waals surface area contributed by atoms with Crippen LogP contribution in [0.2, 0.25) is 0 Å². The van der Waals surface area contributed by atoms with Crippen LogP contribution in [0.15, 0.2) is 24.3 Å². The summed E-state index contributed by atoms with van der Waals surface area (Å²) >= 11 is 0. The van der Waals surface area contributed by atoms with Crippen LogP contribution in [0.1, 0.15) is 12.0 Å². The Labute approximate surface area is 88.8 Å². The number of phosphoric ester groups is 1. The van der Waals surface area contributed by atoms with Crippen molar-refractivity contribution in [3.63, 3.8) is 0 Å². The molecule has 0 saturated carbocycles. The first-order valence-corrected chi connectivity index (χ1v) is 6.30. The van der Waals surface area contributed by atoms with E-state index in [1.165, 1.54) is 0 Å². The number of hydrogen-bond acceptors (Lipinski definition) is 4. The van der Waals surface area contributed by atoms with E-state index >= 15 is 0 Å². The number of benzene rings is 1. The predicted octanol–water partition coefficient (Wildman–Crippen LogP) is 2.92. The van der Waals surface area contributed by atoms with E-state index in [-0.39, 0.29) is 0 Å². The molecule has 0 spiro atoms. The third-order valence-electron chi connectivity index (χ3n) is 2.09. The molecule has 1 heterocycles. The minimum Gasteiger partial charge on any atom is -0.404 e. The molecule has 2 rings (SSSR count). The number of para-hydroxylation sites is 1. The van der Waals surface area contributed by atoms with Crippen molar-refractivity contribution in [2.75, 3.05) is 13.2 Å². The lowest BCUT2D eigenvalue weighted by Gasteiger charge is -2.22. The molecular formula is C10H13O4P. The molecule has 0 bridgehead atoms. The molecular weight excluding hydrogens is 215 g/mol. The van der Waals surface area contributed by atoms with E-state index in [0.717, 1.165) is 12.0 Å². The van der Waals surface area contributed by atoms with E-state index in [0.29, 0.717) is 19.0 Å². The van der Waals surface area contributed by atoms with Gasteiger partial charge in [-0.15, -0.1) is 0 Å². The first-order chi connectivity index (χ1) is 7.20. The van der Waals surface area contributed by atoms with Gasteiger partial charge in [0.25, 0.3) is 0 Å². The van der Waals surface area contributed by atoms with Crippen molar-refractivity contribution in [2.45, 2.75) is 13.3 Å². The molecule has 82 valence electrons. The summed E-state index contributed by atoms with van der Waals surface area (Å²) in [7, 11) is -3.36. The van der Waals surface area contributed by atoms with Crippen molar-refractivity contribution in [2.24, 2.45) is 0 Å². The molecule has 5 heteroatoms. The first-order valence-electron chi connectivity index (χ1n) is 4.84. The lowest BCUT2D eigenvalue weighted by molar-refractivity contribution is 0.106. The fourth-order valence-corrected chi connectivity index (χ4v) is 2.61.